The predicted molar refractivity (Wildman–Crippen MR) is 71.1 cm³/mol. The predicted octanol–water partition coefficient (Wildman–Crippen LogP) is 4.80. The highest BCUT2D eigenvalue weighted by atomic mass is 32.2. The molecule has 0 aliphatic rings. The number of alkyl halides is 3. The molecule has 1 N–H and O–H groups in total. The summed E-state index contributed by atoms with van der Waals surface area (Å²) in [5, 5.41) is 3.26. The highest BCUT2D eigenvalue weighted by Crippen LogP contribution is 2.32. The van der Waals surface area contributed by atoms with Gasteiger partial charge in [0.05, 0.1) is 5.75 Å². The highest BCUT2D eigenvalue weighted by molar-refractivity contribution is 7.99. The van der Waals surface area contributed by atoms with Gasteiger partial charge in [-0.15, -0.1) is 11.8 Å². The van der Waals surface area contributed by atoms with Gasteiger partial charge in [0.2, 0.25) is 0 Å². The van der Waals surface area contributed by atoms with Gasteiger partial charge in [0, 0.05) is 16.6 Å². The van der Waals surface area contributed by atoms with Crippen molar-refractivity contribution in [3.05, 3.63) is 24.3 Å². The summed E-state index contributed by atoms with van der Waals surface area (Å²) in [7, 11) is 0. The van der Waals surface area contributed by atoms with E-state index < -0.39 is 11.9 Å². The van der Waals surface area contributed by atoms with Crippen molar-refractivity contribution in [2.24, 2.45) is 5.92 Å². The minimum Gasteiger partial charge on any atom is -0.381 e. The van der Waals surface area contributed by atoms with E-state index in [0.717, 1.165) is 17.4 Å². The quantitative estimate of drug-likeness (QED) is 0.776. The molecule has 1 unspecified atom stereocenters. The maximum absolute atomic E-state index is 12.2. The van der Waals surface area contributed by atoms with Crippen molar-refractivity contribution in [1.82, 2.24) is 0 Å². The fourth-order valence-electron chi connectivity index (χ4n) is 1.28. The molecule has 0 fully saturated rings. The van der Waals surface area contributed by atoms with Gasteiger partial charge in [-0.3, -0.25) is 0 Å². The summed E-state index contributed by atoms with van der Waals surface area (Å²) >= 11 is 0.820. The second-order valence-electron chi connectivity index (χ2n) is 4.58. The Morgan fingerprint density at radius 2 is 1.78 bits per heavy atom. The molecule has 5 heteroatoms. The molecular formula is C13H18F3NS. The first-order chi connectivity index (χ1) is 8.29. The molecule has 0 spiro atoms. The van der Waals surface area contributed by atoms with Gasteiger partial charge in [-0.2, -0.15) is 13.2 Å². The van der Waals surface area contributed by atoms with Gasteiger partial charge in [0.25, 0.3) is 0 Å². The lowest BCUT2D eigenvalue weighted by atomic mass is 10.1. The number of anilines is 1. The topological polar surface area (TPSA) is 12.0 Å². The molecule has 0 aliphatic carbocycles. The number of thioether (sulfide) groups is 1. The molecule has 0 heterocycles. The fourth-order valence-corrected chi connectivity index (χ4v) is 2.06. The Morgan fingerprint density at radius 3 is 2.33 bits per heavy atom. The number of benzene rings is 1. The molecule has 102 valence electrons. The van der Waals surface area contributed by atoms with Gasteiger partial charge in [0.15, 0.2) is 0 Å². The van der Waals surface area contributed by atoms with Gasteiger partial charge in [-0.25, -0.2) is 0 Å². The molecule has 1 rings (SSSR count). The highest BCUT2D eigenvalue weighted by Gasteiger charge is 2.27. The van der Waals surface area contributed by atoms with Crippen molar-refractivity contribution in [2.75, 3.05) is 11.1 Å². The molecule has 1 aromatic rings. The monoisotopic (exact) mass is 277 g/mol. The van der Waals surface area contributed by atoms with Gasteiger partial charge in [-0.1, -0.05) is 26.0 Å². The van der Waals surface area contributed by atoms with Crippen molar-refractivity contribution < 1.29 is 13.2 Å². The molecule has 1 atom stereocenters. The standard InChI is InChI=1S/C13H18F3NS/c1-9(2)10(3)17-11-6-4-5-7-12(11)18-8-13(14,15)16/h4-7,9-10,17H,8H2,1-3H3. The third-order valence-corrected chi connectivity index (χ3v) is 3.80. The third kappa shape index (κ3) is 5.21. The van der Waals surface area contributed by atoms with E-state index in [4.69, 9.17) is 0 Å². The van der Waals surface area contributed by atoms with Crippen molar-refractivity contribution >= 4 is 17.4 Å². The van der Waals surface area contributed by atoms with Crippen molar-refractivity contribution in [3.8, 4) is 0 Å². The lowest BCUT2D eigenvalue weighted by molar-refractivity contribution is -0.105. The van der Waals surface area contributed by atoms with Gasteiger partial charge in [-0.05, 0) is 25.0 Å². The Balaban J connectivity index is 2.73. The van der Waals surface area contributed by atoms with E-state index in [1.165, 1.54) is 0 Å². The molecule has 0 aliphatic heterocycles. The average Bonchev–Trinajstić information content (AvgIpc) is 2.26. The maximum Gasteiger partial charge on any atom is 0.398 e. The minimum absolute atomic E-state index is 0.220. The number of halogens is 3. The summed E-state index contributed by atoms with van der Waals surface area (Å²) in [6.07, 6.45) is -4.14. The number of hydrogen-bond acceptors (Lipinski definition) is 2. The van der Waals surface area contributed by atoms with Crippen LogP contribution in [0.5, 0.6) is 0 Å². The maximum atomic E-state index is 12.2. The minimum atomic E-state index is -4.14. The first-order valence-electron chi connectivity index (χ1n) is 5.84. The Morgan fingerprint density at radius 1 is 1.17 bits per heavy atom. The second kappa shape index (κ2) is 6.36. The zero-order valence-corrected chi connectivity index (χ0v) is 11.5. The second-order valence-corrected chi connectivity index (χ2v) is 5.59. The Labute approximate surface area is 110 Å². The van der Waals surface area contributed by atoms with Crippen LogP contribution in [0.4, 0.5) is 18.9 Å². The fraction of sp³-hybridized carbons (Fsp3) is 0.538. The molecule has 0 bridgehead atoms. The zero-order chi connectivity index (χ0) is 13.8. The summed E-state index contributed by atoms with van der Waals surface area (Å²) in [5.74, 6) is -0.437. The summed E-state index contributed by atoms with van der Waals surface area (Å²) < 4.78 is 36.7. The first-order valence-corrected chi connectivity index (χ1v) is 6.83. The van der Waals surface area contributed by atoms with Crippen molar-refractivity contribution in [2.45, 2.75) is 37.9 Å². The van der Waals surface area contributed by atoms with Crippen LogP contribution in [0.2, 0.25) is 0 Å². The molecule has 0 saturated carbocycles. The average molecular weight is 277 g/mol. The van der Waals surface area contributed by atoms with Crippen LogP contribution in [-0.4, -0.2) is 18.0 Å². The van der Waals surface area contributed by atoms with Crippen LogP contribution in [0.3, 0.4) is 0 Å². The Kier molecular flexibility index (Phi) is 5.38. The number of rotatable bonds is 5. The van der Waals surface area contributed by atoms with E-state index in [-0.39, 0.29) is 6.04 Å². The van der Waals surface area contributed by atoms with Crippen LogP contribution in [0.15, 0.2) is 29.2 Å². The van der Waals surface area contributed by atoms with E-state index >= 15 is 0 Å². The molecule has 18 heavy (non-hydrogen) atoms. The van der Waals surface area contributed by atoms with E-state index in [1.54, 1.807) is 12.1 Å². The van der Waals surface area contributed by atoms with Crippen LogP contribution in [0.25, 0.3) is 0 Å². The summed E-state index contributed by atoms with van der Waals surface area (Å²) in [5.41, 5.74) is 0.771. The van der Waals surface area contributed by atoms with E-state index in [9.17, 15) is 13.2 Å². The molecule has 0 amide bonds. The van der Waals surface area contributed by atoms with Crippen LogP contribution >= 0.6 is 11.8 Å². The lowest BCUT2D eigenvalue weighted by Gasteiger charge is -2.21. The van der Waals surface area contributed by atoms with Gasteiger partial charge < -0.3 is 5.32 Å². The summed E-state index contributed by atoms with van der Waals surface area (Å²) in [6, 6.07) is 7.33. The Hall–Kier alpha value is -0.840. The number of nitrogens with one attached hydrogen (secondary N) is 1. The molecule has 0 aromatic heterocycles. The summed E-state index contributed by atoms with van der Waals surface area (Å²) in [4.78, 5) is 0.641. The zero-order valence-electron chi connectivity index (χ0n) is 10.7. The van der Waals surface area contributed by atoms with Crippen LogP contribution in [-0.2, 0) is 0 Å². The van der Waals surface area contributed by atoms with Crippen LogP contribution in [0.1, 0.15) is 20.8 Å². The Bertz CT molecular complexity index is 377. The molecule has 0 radical (unpaired) electrons. The van der Waals surface area contributed by atoms with Crippen molar-refractivity contribution in [3.63, 3.8) is 0 Å². The van der Waals surface area contributed by atoms with Gasteiger partial charge >= 0.3 is 6.18 Å². The molecular weight excluding hydrogens is 259 g/mol. The first kappa shape index (κ1) is 15.2. The van der Waals surface area contributed by atoms with Crippen LogP contribution in [0, 0.1) is 5.92 Å². The molecule has 1 aromatic carbocycles. The smallest absolute Gasteiger partial charge is 0.381 e. The SMILES string of the molecule is CC(C)C(C)Nc1ccccc1SCC(F)(F)F. The number of para-hydroxylation sites is 1. The molecule has 0 saturated heterocycles. The molecule has 1 nitrogen and oxygen atoms in total. The third-order valence-electron chi connectivity index (χ3n) is 2.66. The van der Waals surface area contributed by atoms with E-state index in [2.05, 4.69) is 19.2 Å². The summed E-state index contributed by atoms with van der Waals surface area (Å²) in [6.45, 7) is 6.17. The lowest BCUT2D eigenvalue weighted by Crippen LogP contribution is -2.21. The van der Waals surface area contributed by atoms with E-state index in [0.29, 0.717) is 10.8 Å². The van der Waals surface area contributed by atoms with Gasteiger partial charge in [0.1, 0.15) is 0 Å². The normalized spacial score (nSPS) is 13.7. The van der Waals surface area contributed by atoms with E-state index in [1.807, 2.05) is 19.1 Å². The number of hydrogen-bond donors (Lipinski definition) is 1. The van der Waals surface area contributed by atoms with Crippen molar-refractivity contribution in [1.29, 1.82) is 0 Å². The van der Waals surface area contributed by atoms with Crippen LogP contribution < -0.4 is 5.32 Å². The largest absolute Gasteiger partial charge is 0.398 e.